The molecule has 2 amide bonds. The number of rotatable bonds is 3. The van der Waals surface area contributed by atoms with Crippen molar-refractivity contribution in [3.63, 3.8) is 0 Å². The first-order valence-electron chi connectivity index (χ1n) is 5.70. The van der Waals surface area contributed by atoms with Crippen molar-refractivity contribution in [2.45, 2.75) is 19.6 Å². The molecule has 1 aliphatic rings. The van der Waals surface area contributed by atoms with Crippen LogP contribution >= 0.6 is 0 Å². The number of benzene rings is 1. The van der Waals surface area contributed by atoms with Crippen LogP contribution in [0.1, 0.15) is 12.5 Å². The minimum Gasteiger partial charge on any atom is -0.497 e. The van der Waals surface area contributed by atoms with Gasteiger partial charge in [-0.2, -0.15) is 0 Å². The molecule has 0 saturated heterocycles. The number of aliphatic hydroxyl groups excluding tert-OH is 1. The lowest BCUT2D eigenvalue weighted by molar-refractivity contribution is 0.0601. The van der Waals surface area contributed by atoms with Crippen molar-refractivity contribution in [1.82, 2.24) is 5.32 Å². The molecule has 1 aromatic carbocycles. The molecule has 2 N–H and O–H groups in total. The van der Waals surface area contributed by atoms with Crippen molar-refractivity contribution in [2.75, 3.05) is 7.11 Å². The Kier molecular flexibility index (Phi) is 3.34. The highest BCUT2D eigenvalue weighted by Crippen LogP contribution is 2.26. The van der Waals surface area contributed by atoms with Gasteiger partial charge in [0.25, 0.3) is 0 Å². The van der Waals surface area contributed by atoms with Crippen LogP contribution in [0.3, 0.4) is 0 Å². The molecular weight excluding hydrogens is 232 g/mol. The zero-order valence-electron chi connectivity index (χ0n) is 10.4. The van der Waals surface area contributed by atoms with Gasteiger partial charge < -0.3 is 15.2 Å². The fourth-order valence-corrected chi connectivity index (χ4v) is 1.92. The van der Waals surface area contributed by atoms with Gasteiger partial charge in [0.1, 0.15) is 12.0 Å². The van der Waals surface area contributed by atoms with Crippen LogP contribution in [-0.2, 0) is 6.42 Å². The zero-order valence-corrected chi connectivity index (χ0v) is 10.4. The van der Waals surface area contributed by atoms with Crippen LogP contribution in [0, 0.1) is 5.41 Å². The molecule has 0 radical (unpaired) electrons. The summed E-state index contributed by atoms with van der Waals surface area (Å²) in [7, 11) is 1.61. The number of urea groups is 1. The number of aliphatic imine (C=N–C) groups is 1. The van der Waals surface area contributed by atoms with E-state index in [-0.39, 0.29) is 0 Å². The molecule has 1 heterocycles. The Bertz CT molecular complexity index is 470. The number of hydrogen-bond acceptors (Lipinski definition) is 3. The summed E-state index contributed by atoms with van der Waals surface area (Å²) in [5.74, 6) is 0.787. The fraction of sp³-hybridized carbons (Fsp3) is 0.385. The van der Waals surface area contributed by atoms with Crippen molar-refractivity contribution >= 4 is 12.2 Å². The minimum absolute atomic E-state index is 0.505. The molecule has 18 heavy (non-hydrogen) atoms. The van der Waals surface area contributed by atoms with E-state index in [1.807, 2.05) is 31.2 Å². The summed E-state index contributed by atoms with van der Waals surface area (Å²) in [6, 6.07) is 7.09. The SMILES string of the molecule is COc1ccc(CC2(C)C=NC(=O)NC2O)cc1. The van der Waals surface area contributed by atoms with Crippen LogP contribution in [0.2, 0.25) is 0 Å². The summed E-state index contributed by atoms with van der Waals surface area (Å²) in [4.78, 5) is 14.7. The normalized spacial score (nSPS) is 26.8. The maximum atomic E-state index is 11.0. The van der Waals surface area contributed by atoms with Crippen molar-refractivity contribution in [1.29, 1.82) is 0 Å². The summed E-state index contributed by atoms with van der Waals surface area (Å²) >= 11 is 0. The fourth-order valence-electron chi connectivity index (χ4n) is 1.92. The molecule has 5 nitrogen and oxygen atoms in total. The lowest BCUT2D eigenvalue weighted by atomic mass is 9.82. The van der Waals surface area contributed by atoms with E-state index in [1.54, 1.807) is 7.11 Å². The lowest BCUT2D eigenvalue weighted by Gasteiger charge is -2.33. The summed E-state index contributed by atoms with van der Waals surface area (Å²) in [5.41, 5.74) is 0.447. The summed E-state index contributed by atoms with van der Waals surface area (Å²) in [5, 5.41) is 12.3. The number of hydrogen-bond donors (Lipinski definition) is 2. The Hall–Kier alpha value is -1.88. The molecule has 1 aromatic rings. The average molecular weight is 248 g/mol. The van der Waals surface area contributed by atoms with Gasteiger partial charge in [0.05, 0.1) is 12.5 Å². The van der Waals surface area contributed by atoms with Gasteiger partial charge in [-0.05, 0) is 31.0 Å². The smallest absolute Gasteiger partial charge is 0.342 e. The molecule has 2 atom stereocenters. The van der Waals surface area contributed by atoms with Crippen LogP contribution < -0.4 is 10.1 Å². The number of methoxy groups -OCH3 is 1. The number of nitrogens with one attached hydrogen (secondary N) is 1. The van der Waals surface area contributed by atoms with E-state index in [0.717, 1.165) is 11.3 Å². The molecule has 0 aliphatic carbocycles. The topological polar surface area (TPSA) is 70.9 Å². The summed E-state index contributed by atoms with van der Waals surface area (Å²) < 4.78 is 5.09. The number of amides is 2. The van der Waals surface area contributed by atoms with E-state index in [0.29, 0.717) is 6.42 Å². The third kappa shape index (κ3) is 2.51. The van der Waals surface area contributed by atoms with Crippen molar-refractivity contribution < 1.29 is 14.6 Å². The highest BCUT2D eigenvalue weighted by atomic mass is 16.5. The van der Waals surface area contributed by atoms with Crippen LogP contribution in [0.5, 0.6) is 5.75 Å². The Morgan fingerprint density at radius 2 is 2.11 bits per heavy atom. The van der Waals surface area contributed by atoms with Gasteiger partial charge in [-0.25, -0.2) is 9.79 Å². The van der Waals surface area contributed by atoms with Gasteiger partial charge >= 0.3 is 6.03 Å². The second-order valence-electron chi connectivity index (χ2n) is 4.64. The van der Waals surface area contributed by atoms with Gasteiger partial charge in [-0.15, -0.1) is 0 Å². The first-order valence-corrected chi connectivity index (χ1v) is 5.70. The standard InChI is InChI=1S/C13H16N2O3/c1-13(8-14-12(17)15-11(13)16)7-9-3-5-10(18-2)6-4-9/h3-6,8,11,16H,7H2,1-2H3,(H,15,17). The van der Waals surface area contributed by atoms with Gasteiger partial charge in [-0.1, -0.05) is 12.1 Å². The summed E-state index contributed by atoms with van der Waals surface area (Å²) in [6.07, 6.45) is 1.17. The third-order valence-electron chi connectivity index (χ3n) is 3.11. The number of aliphatic hydroxyl groups is 1. The first kappa shape index (κ1) is 12.6. The lowest BCUT2D eigenvalue weighted by Crippen LogP contribution is -2.51. The molecule has 0 spiro atoms. The van der Waals surface area contributed by atoms with Crippen molar-refractivity contribution in [3.05, 3.63) is 29.8 Å². The molecule has 1 aliphatic heterocycles. The molecule has 0 fully saturated rings. The Balaban J connectivity index is 2.16. The number of carbonyl (C=O) groups excluding carboxylic acids is 1. The van der Waals surface area contributed by atoms with Gasteiger partial charge in [0.2, 0.25) is 0 Å². The average Bonchev–Trinajstić information content (AvgIpc) is 2.36. The van der Waals surface area contributed by atoms with Crippen molar-refractivity contribution in [3.8, 4) is 5.75 Å². The molecular formula is C13H16N2O3. The maximum absolute atomic E-state index is 11.0. The number of nitrogens with zero attached hydrogens (tertiary/aromatic N) is 1. The van der Waals surface area contributed by atoms with E-state index < -0.39 is 17.7 Å². The highest BCUT2D eigenvalue weighted by Gasteiger charge is 2.35. The van der Waals surface area contributed by atoms with E-state index in [9.17, 15) is 9.90 Å². The molecule has 0 bridgehead atoms. The second kappa shape index (κ2) is 4.78. The molecule has 5 heteroatoms. The van der Waals surface area contributed by atoms with Crippen LogP contribution in [-0.4, -0.2) is 30.7 Å². The van der Waals surface area contributed by atoms with Crippen molar-refractivity contribution in [2.24, 2.45) is 10.4 Å². The Labute approximate surface area is 105 Å². The number of ether oxygens (including phenoxy) is 1. The van der Waals surface area contributed by atoms with E-state index in [1.165, 1.54) is 6.21 Å². The molecule has 96 valence electrons. The van der Waals surface area contributed by atoms with E-state index >= 15 is 0 Å². The van der Waals surface area contributed by atoms with Crippen LogP contribution in [0.25, 0.3) is 0 Å². The maximum Gasteiger partial charge on any atom is 0.342 e. The molecule has 2 rings (SSSR count). The predicted octanol–water partition coefficient (Wildman–Crippen LogP) is 1.36. The zero-order chi connectivity index (χ0) is 13.2. The highest BCUT2D eigenvalue weighted by molar-refractivity contribution is 5.88. The Morgan fingerprint density at radius 1 is 1.44 bits per heavy atom. The predicted molar refractivity (Wildman–Crippen MR) is 67.8 cm³/mol. The summed E-state index contributed by atoms with van der Waals surface area (Å²) in [6.45, 7) is 1.85. The van der Waals surface area contributed by atoms with Crippen LogP contribution in [0.15, 0.2) is 29.3 Å². The first-order chi connectivity index (χ1) is 8.53. The van der Waals surface area contributed by atoms with Crippen LogP contribution in [0.4, 0.5) is 4.79 Å². The Morgan fingerprint density at radius 3 is 2.67 bits per heavy atom. The van der Waals surface area contributed by atoms with E-state index in [4.69, 9.17) is 4.74 Å². The molecule has 0 saturated carbocycles. The minimum atomic E-state index is -0.926. The molecule has 2 unspecified atom stereocenters. The molecule has 0 aromatic heterocycles. The van der Waals surface area contributed by atoms with Gasteiger partial charge in [0, 0.05) is 6.21 Å². The largest absolute Gasteiger partial charge is 0.497 e. The third-order valence-corrected chi connectivity index (χ3v) is 3.11. The second-order valence-corrected chi connectivity index (χ2v) is 4.64. The quantitative estimate of drug-likeness (QED) is 0.848. The van der Waals surface area contributed by atoms with Gasteiger partial charge in [-0.3, -0.25) is 0 Å². The van der Waals surface area contributed by atoms with E-state index in [2.05, 4.69) is 10.3 Å². The van der Waals surface area contributed by atoms with Gasteiger partial charge in [0.15, 0.2) is 0 Å². The number of carbonyl (C=O) groups is 1. The monoisotopic (exact) mass is 248 g/mol.